The first-order valence-electron chi connectivity index (χ1n) is 11.9. The van der Waals surface area contributed by atoms with Crippen LogP contribution in [0.5, 0.6) is 0 Å². The molecule has 4 heterocycles. The van der Waals surface area contributed by atoms with Crippen LogP contribution in [0.25, 0.3) is 33.5 Å². The second-order valence-corrected chi connectivity index (χ2v) is 8.59. The van der Waals surface area contributed by atoms with Gasteiger partial charge in [-0.05, 0) is 68.3 Å². The molecule has 0 aliphatic carbocycles. The molecule has 0 fully saturated rings. The molecular weight excluding hydrogens is 468 g/mol. The summed E-state index contributed by atoms with van der Waals surface area (Å²) in [6.07, 6.45) is 5.04. The number of amides is 2. The van der Waals surface area contributed by atoms with E-state index in [1.165, 1.54) is 0 Å². The van der Waals surface area contributed by atoms with Crippen LogP contribution in [0.2, 0.25) is 0 Å². The van der Waals surface area contributed by atoms with Crippen LogP contribution in [-0.4, -0.2) is 42.1 Å². The van der Waals surface area contributed by atoms with Crippen LogP contribution >= 0.6 is 0 Å². The predicted molar refractivity (Wildman–Crippen MR) is 142 cm³/mol. The number of H-pyrrole nitrogens is 1. The summed E-state index contributed by atoms with van der Waals surface area (Å²) in [6, 6.07) is 14.2. The smallest absolute Gasteiger partial charge is 0.321 e. The normalized spacial score (nSPS) is 11.9. The number of hydrogen-bond acceptors (Lipinski definition) is 6. The molecule has 186 valence electrons. The highest BCUT2D eigenvalue weighted by Crippen LogP contribution is 2.32. The standard InChI is InChI=1S/C27H26N8O2/c1-4-28-27(37)34-26-32-22-14-19(13-20(24(22)33-26)25-30-10-7-11-31-25)18-12-16(2)35(23(36)15-18)17(3)21-8-5-6-9-29-21/h5-15,17H,4H2,1-3H3,(H3,28,32,33,34,37)/t17-/m1/s1. The second-order valence-electron chi connectivity index (χ2n) is 8.59. The molecule has 5 rings (SSSR count). The summed E-state index contributed by atoms with van der Waals surface area (Å²) >= 11 is 0. The monoisotopic (exact) mass is 494 g/mol. The third-order valence-electron chi connectivity index (χ3n) is 6.06. The Hall–Kier alpha value is -4.86. The molecule has 0 saturated heterocycles. The van der Waals surface area contributed by atoms with Gasteiger partial charge in [0.05, 0.1) is 17.3 Å². The fraction of sp³-hybridized carbons (Fsp3) is 0.185. The highest BCUT2D eigenvalue weighted by molar-refractivity contribution is 5.97. The number of carbonyl (C=O) groups excluding carboxylic acids is 1. The average molecular weight is 495 g/mol. The van der Waals surface area contributed by atoms with Gasteiger partial charge in [0.2, 0.25) is 5.95 Å². The van der Waals surface area contributed by atoms with Crippen molar-refractivity contribution in [3.63, 3.8) is 0 Å². The third-order valence-corrected chi connectivity index (χ3v) is 6.06. The second kappa shape index (κ2) is 10.0. The van der Waals surface area contributed by atoms with Gasteiger partial charge < -0.3 is 14.9 Å². The van der Waals surface area contributed by atoms with E-state index in [1.54, 1.807) is 35.3 Å². The number of nitrogens with zero attached hydrogens (tertiary/aromatic N) is 5. The fourth-order valence-electron chi connectivity index (χ4n) is 4.40. The Morgan fingerprint density at radius 1 is 1.03 bits per heavy atom. The van der Waals surface area contributed by atoms with Crippen molar-refractivity contribution >= 4 is 23.0 Å². The topological polar surface area (TPSA) is 130 Å². The molecule has 0 aliphatic heterocycles. The molecule has 1 aromatic carbocycles. The number of carbonyl (C=O) groups is 1. The summed E-state index contributed by atoms with van der Waals surface area (Å²) in [7, 11) is 0. The Morgan fingerprint density at radius 3 is 2.49 bits per heavy atom. The van der Waals surface area contributed by atoms with Crippen LogP contribution in [0, 0.1) is 6.92 Å². The van der Waals surface area contributed by atoms with Crippen LogP contribution < -0.4 is 16.2 Å². The number of anilines is 1. The van der Waals surface area contributed by atoms with Crippen molar-refractivity contribution in [2.75, 3.05) is 11.9 Å². The number of hydrogen-bond donors (Lipinski definition) is 3. The van der Waals surface area contributed by atoms with Crippen LogP contribution in [0.4, 0.5) is 10.7 Å². The van der Waals surface area contributed by atoms with E-state index in [-0.39, 0.29) is 17.6 Å². The lowest BCUT2D eigenvalue weighted by atomic mass is 10.0. The zero-order chi connectivity index (χ0) is 25.9. The molecule has 2 amide bonds. The van der Waals surface area contributed by atoms with Gasteiger partial charge in [0.1, 0.15) is 5.52 Å². The molecule has 4 aromatic heterocycles. The summed E-state index contributed by atoms with van der Waals surface area (Å²) in [6.45, 7) is 6.20. The van der Waals surface area contributed by atoms with E-state index in [2.05, 4.69) is 35.6 Å². The van der Waals surface area contributed by atoms with Gasteiger partial charge >= 0.3 is 6.03 Å². The number of imidazole rings is 1. The van der Waals surface area contributed by atoms with E-state index in [1.807, 2.05) is 57.2 Å². The molecule has 1 atom stereocenters. The number of nitrogens with one attached hydrogen (secondary N) is 3. The number of aromatic amines is 1. The molecule has 37 heavy (non-hydrogen) atoms. The van der Waals surface area contributed by atoms with Gasteiger partial charge in [-0.3, -0.25) is 15.1 Å². The maximum absolute atomic E-state index is 13.3. The molecule has 0 saturated carbocycles. The first-order valence-corrected chi connectivity index (χ1v) is 11.9. The molecule has 0 radical (unpaired) electrons. The SMILES string of the molecule is CCNC(=O)Nc1nc2c(-c3ncccn3)cc(-c3cc(C)n([C@H](C)c4ccccn4)c(=O)c3)cc2[nH]1. The molecular formula is C27H26N8O2. The van der Waals surface area contributed by atoms with Gasteiger partial charge in [-0.1, -0.05) is 6.07 Å². The number of fused-ring (bicyclic) bond motifs is 1. The summed E-state index contributed by atoms with van der Waals surface area (Å²) in [4.78, 5) is 46.3. The van der Waals surface area contributed by atoms with Gasteiger partial charge in [0.25, 0.3) is 5.56 Å². The fourth-order valence-corrected chi connectivity index (χ4v) is 4.40. The molecule has 0 aliphatic rings. The van der Waals surface area contributed by atoms with Gasteiger partial charge in [0, 0.05) is 42.5 Å². The summed E-state index contributed by atoms with van der Waals surface area (Å²) < 4.78 is 1.73. The number of benzene rings is 1. The minimum absolute atomic E-state index is 0.131. The maximum atomic E-state index is 13.3. The van der Waals surface area contributed by atoms with E-state index in [0.717, 1.165) is 22.5 Å². The first kappa shape index (κ1) is 23.9. The number of urea groups is 1. The predicted octanol–water partition coefficient (Wildman–Crippen LogP) is 4.30. The van der Waals surface area contributed by atoms with Crippen LogP contribution in [0.3, 0.4) is 0 Å². The number of pyridine rings is 2. The lowest BCUT2D eigenvalue weighted by molar-refractivity contribution is 0.252. The molecule has 0 spiro atoms. The Balaban J connectivity index is 1.62. The summed E-state index contributed by atoms with van der Waals surface area (Å²) in [5, 5.41) is 5.39. The molecule has 10 nitrogen and oxygen atoms in total. The number of aryl methyl sites for hydroxylation is 1. The largest absolute Gasteiger partial charge is 0.338 e. The quantitative estimate of drug-likeness (QED) is 0.323. The van der Waals surface area contributed by atoms with Crippen molar-refractivity contribution in [3.8, 4) is 22.5 Å². The van der Waals surface area contributed by atoms with Crippen molar-refractivity contribution in [1.82, 2.24) is 34.8 Å². The number of aromatic nitrogens is 6. The molecule has 0 bridgehead atoms. The van der Waals surface area contributed by atoms with Crippen LogP contribution in [0.1, 0.15) is 31.3 Å². The van der Waals surface area contributed by atoms with Gasteiger partial charge in [0.15, 0.2) is 5.82 Å². The summed E-state index contributed by atoms with van der Waals surface area (Å²) in [5.74, 6) is 0.783. The van der Waals surface area contributed by atoms with Gasteiger partial charge in [-0.15, -0.1) is 0 Å². The van der Waals surface area contributed by atoms with Crippen molar-refractivity contribution in [3.05, 3.63) is 88.9 Å². The van der Waals surface area contributed by atoms with Gasteiger partial charge in [-0.2, -0.15) is 0 Å². The third kappa shape index (κ3) is 4.81. The maximum Gasteiger partial charge on any atom is 0.321 e. The lowest BCUT2D eigenvalue weighted by Crippen LogP contribution is -2.28. The lowest BCUT2D eigenvalue weighted by Gasteiger charge is -2.18. The van der Waals surface area contributed by atoms with E-state index < -0.39 is 0 Å². The van der Waals surface area contributed by atoms with Crippen molar-refractivity contribution in [1.29, 1.82) is 0 Å². The molecule has 0 unspecified atom stereocenters. The first-order chi connectivity index (χ1) is 17.9. The van der Waals surface area contributed by atoms with E-state index in [4.69, 9.17) is 0 Å². The zero-order valence-corrected chi connectivity index (χ0v) is 20.7. The van der Waals surface area contributed by atoms with Crippen LogP contribution in [0.15, 0.2) is 71.9 Å². The summed E-state index contributed by atoms with van der Waals surface area (Å²) in [5.41, 5.74) is 4.99. The van der Waals surface area contributed by atoms with E-state index in [9.17, 15) is 9.59 Å². The van der Waals surface area contributed by atoms with Crippen molar-refractivity contribution in [2.24, 2.45) is 0 Å². The Labute approximate surface area is 212 Å². The van der Waals surface area contributed by atoms with E-state index >= 15 is 0 Å². The molecule has 10 heteroatoms. The highest BCUT2D eigenvalue weighted by atomic mass is 16.2. The number of rotatable bonds is 6. The Bertz CT molecular complexity index is 1630. The van der Waals surface area contributed by atoms with Crippen molar-refractivity contribution in [2.45, 2.75) is 26.8 Å². The van der Waals surface area contributed by atoms with Gasteiger partial charge in [-0.25, -0.2) is 19.7 Å². The minimum Gasteiger partial charge on any atom is -0.338 e. The molecule has 3 N–H and O–H groups in total. The Morgan fingerprint density at radius 2 is 1.78 bits per heavy atom. The average Bonchev–Trinajstić information content (AvgIpc) is 3.31. The van der Waals surface area contributed by atoms with E-state index in [0.29, 0.717) is 34.9 Å². The zero-order valence-electron chi connectivity index (χ0n) is 20.7. The highest BCUT2D eigenvalue weighted by Gasteiger charge is 2.18. The molecule has 5 aromatic rings. The van der Waals surface area contributed by atoms with Crippen LogP contribution in [-0.2, 0) is 0 Å². The Kier molecular flexibility index (Phi) is 6.46. The van der Waals surface area contributed by atoms with Crippen molar-refractivity contribution < 1.29 is 4.79 Å². The minimum atomic E-state index is -0.361.